The van der Waals surface area contributed by atoms with Crippen molar-refractivity contribution in [2.75, 3.05) is 0 Å². The SMILES string of the molecule is [GeH4].[MgH2].[SeH2].[V].[Zn]. The third-order valence-corrected chi connectivity index (χ3v) is 0. The molecule has 0 aliphatic heterocycles. The Morgan fingerprint density at radius 1 is 1.00 bits per heavy atom. The van der Waals surface area contributed by atoms with Crippen molar-refractivity contribution < 1.29 is 38.0 Å². The zero-order chi connectivity index (χ0) is 0. The molecule has 0 unspecified atom stereocenters. The molecular formula is H8GeMgSeVZn. The Bertz CT molecular complexity index is 11.6. The van der Waals surface area contributed by atoms with E-state index in [2.05, 4.69) is 0 Å². The van der Waals surface area contributed by atoms with E-state index >= 15 is 0 Å². The summed E-state index contributed by atoms with van der Waals surface area (Å²) >= 11 is 0. The largest absolute Gasteiger partial charge is 0 e. The van der Waals surface area contributed by atoms with Crippen LogP contribution in [0.1, 0.15) is 0 Å². The van der Waals surface area contributed by atoms with Gasteiger partial charge in [0.15, 0.2) is 0 Å². The summed E-state index contributed by atoms with van der Waals surface area (Å²) in [6, 6.07) is 0. The number of hydrogen-bond donors (Lipinski definition) is 0. The number of rotatable bonds is 0. The van der Waals surface area contributed by atoms with Crippen molar-refractivity contribution in [2.45, 2.75) is 0 Å². The van der Waals surface area contributed by atoms with Crippen LogP contribution >= 0.6 is 0 Å². The molecule has 0 fully saturated rings. The summed E-state index contributed by atoms with van der Waals surface area (Å²) in [5, 5.41) is 0. The van der Waals surface area contributed by atoms with Gasteiger partial charge < -0.3 is 0 Å². The van der Waals surface area contributed by atoms with Gasteiger partial charge in [-0.1, -0.05) is 0 Å². The van der Waals surface area contributed by atoms with Crippen LogP contribution in [0, 0.1) is 0 Å². The maximum absolute atomic E-state index is 0. The van der Waals surface area contributed by atoms with Crippen molar-refractivity contribution in [3.63, 3.8) is 0 Å². The molecule has 5 heavy (non-hydrogen) atoms. The molecule has 0 N–H and O–H groups in total. The molecule has 0 bridgehead atoms. The molecule has 0 rings (SSSR count). The Labute approximate surface area is 94.2 Å². The van der Waals surface area contributed by atoms with Gasteiger partial charge in [-0.05, 0) is 0 Å². The van der Waals surface area contributed by atoms with Gasteiger partial charge in [0.1, 0.15) is 0 Å². The second-order valence-corrected chi connectivity index (χ2v) is 0. The molecule has 0 saturated carbocycles. The van der Waals surface area contributed by atoms with Crippen LogP contribution < -0.4 is 0 Å². The second-order valence-electron chi connectivity index (χ2n) is 0. The van der Waals surface area contributed by atoms with E-state index in [1.807, 2.05) is 0 Å². The molecule has 0 aliphatic rings. The van der Waals surface area contributed by atoms with Crippen molar-refractivity contribution in [1.82, 2.24) is 0 Å². The number of hydrogen-bond acceptors (Lipinski definition) is 0. The van der Waals surface area contributed by atoms with Gasteiger partial charge in [0, 0.05) is 38.0 Å². The predicted octanol–water partition coefficient (Wildman–Crippen LogP) is -3.29. The third-order valence-electron chi connectivity index (χ3n) is 0. The van der Waals surface area contributed by atoms with Crippen LogP contribution in [0.4, 0.5) is 0 Å². The zero-order valence-corrected chi connectivity index (χ0v) is 8.12. The first-order valence-corrected chi connectivity index (χ1v) is 0. The molecule has 0 aromatic heterocycles. The molecule has 0 aromatic rings. The molecule has 5 heteroatoms. The van der Waals surface area contributed by atoms with E-state index in [9.17, 15) is 0 Å². The molecule has 0 aromatic carbocycles. The molecular weight excluding hydrogens is 292 g/mol. The Balaban J connectivity index is 0. The van der Waals surface area contributed by atoms with E-state index in [1.165, 1.54) is 0 Å². The minimum atomic E-state index is 0. The van der Waals surface area contributed by atoms with Crippen molar-refractivity contribution in [2.24, 2.45) is 0 Å². The molecule has 0 saturated heterocycles. The molecule has 1 radical (unpaired) electrons. The van der Waals surface area contributed by atoms with Crippen LogP contribution in [-0.2, 0) is 38.0 Å². The Kier molecular flexibility index (Phi) is 240. The van der Waals surface area contributed by atoms with Gasteiger partial charge in [0.05, 0.1) is 0 Å². The van der Waals surface area contributed by atoms with Crippen molar-refractivity contribution in [3.8, 4) is 0 Å². The van der Waals surface area contributed by atoms with E-state index in [-0.39, 0.29) is 95.8 Å². The molecule has 0 aliphatic carbocycles. The summed E-state index contributed by atoms with van der Waals surface area (Å²) in [6.07, 6.45) is 0. The Morgan fingerprint density at radius 2 is 1.00 bits per heavy atom. The minimum Gasteiger partial charge on any atom is 0 e. The van der Waals surface area contributed by atoms with Crippen LogP contribution in [0.2, 0.25) is 0 Å². The van der Waals surface area contributed by atoms with Gasteiger partial charge >= 0.3 is 57.7 Å². The van der Waals surface area contributed by atoms with Crippen molar-refractivity contribution >= 4 is 57.7 Å². The molecule has 27 valence electrons. The van der Waals surface area contributed by atoms with Crippen LogP contribution in [0.15, 0.2) is 0 Å². The maximum atomic E-state index is 0. The summed E-state index contributed by atoms with van der Waals surface area (Å²) in [5.41, 5.74) is 0. The van der Waals surface area contributed by atoms with Gasteiger partial charge in [-0.3, -0.25) is 0 Å². The Hall–Kier alpha value is 3.04. The van der Waals surface area contributed by atoms with Gasteiger partial charge in [0.2, 0.25) is 0 Å². The summed E-state index contributed by atoms with van der Waals surface area (Å²) in [5.74, 6) is 0. The van der Waals surface area contributed by atoms with Crippen LogP contribution in [-0.4, -0.2) is 57.7 Å². The van der Waals surface area contributed by atoms with E-state index < -0.39 is 0 Å². The fourth-order valence-corrected chi connectivity index (χ4v) is 0. The van der Waals surface area contributed by atoms with Crippen molar-refractivity contribution in [3.05, 3.63) is 0 Å². The fraction of sp³-hybridized carbons (Fsp3) is 0. The van der Waals surface area contributed by atoms with Crippen LogP contribution in [0.3, 0.4) is 0 Å². The first kappa shape index (κ1) is 43.2. The normalized spacial score (nSPS) is 0. The van der Waals surface area contributed by atoms with E-state index in [0.29, 0.717) is 0 Å². The van der Waals surface area contributed by atoms with E-state index in [1.54, 1.807) is 0 Å². The standard InChI is InChI=1S/GeH4.Mg.H2Se.V.Zn.2H/h1H4;;1H2;;;;. The van der Waals surface area contributed by atoms with E-state index in [0.717, 1.165) is 0 Å². The van der Waals surface area contributed by atoms with Gasteiger partial charge in [-0.25, -0.2) is 0 Å². The topological polar surface area (TPSA) is 0 Å². The zero-order valence-electron chi connectivity index (χ0n) is 1.65. The summed E-state index contributed by atoms with van der Waals surface area (Å²) in [4.78, 5) is 0. The molecule has 0 amide bonds. The minimum absolute atomic E-state index is 0. The molecule has 0 atom stereocenters. The summed E-state index contributed by atoms with van der Waals surface area (Å²) in [6.45, 7) is 0. The monoisotopic (exact) mass is 301 g/mol. The smallest absolute Gasteiger partial charge is 0 e. The van der Waals surface area contributed by atoms with Gasteiger partial charge in [-0.15, -0.1) is 0 Å². The quantitative estimate of drug-likeness (QED) is 0.412. The van der Waals surface area contributed by atoms with Crippen LogP contribution in [0.25, 0.3) is 0 Å². The second kappa shape index (κ2) is 27.8. The average Bonchev–Trinajstić information content (AvgIpc) is 0. The third kappa shape index (κ3) is 19.4. The molecule has 0 spiro atoms. The maximum Gasteiger partial charge on any atom is 0 e. The summed E-state index contributed by atoms with van der Waals surface area (Å²) in [7, 11) is 0. The molecule has 0 heterocycles. The first-order chi connectivity index (χ1) is 0. The fourth-order valence-electron chi connectivity index (χ4n) is 0. The van der Waals surface area contributed by atoms with Gasteiger partial charge in [0.25, 0.3) is 0 Å². The van der Waals surface area contributed by atoms with Gasteiger partial charge in [-0.2, -0.15) is 0 Å². The predicted molar refractivity (Wildman–Crippen MR) is 28.4 cm³/mol. The van der Waals surface area contributed by atoms with Crippen molar-refractivity contribution in [1.29, 1.82) is 0 Å². The van der Waals surface area contributed by atoms with Crippen LogP contribution in [0.5, 0.6) is 0 Å². The summed E-state index contributed by atoms with van der Waals surface area (Å²) < 4.78 is 0. The van der Waals surface area contributed by atoms with E-state index in [4.69, 9.17) is 0 Å². The first-order valence-electron chi connectivity index (χ1n) is 0. The Morgan fingerprint density at radius 3 is 1.00 bits per heavy atom. The molecule has 0 nitrogen and oxygen atoms in total. The average molecular weight is 300 g/mol.